The van der Waals surface area contributed by atoms with Crippen molar-refractivity contribution in [1.29, 1.82) is 0 Å². The molecule has 1 aromatic rings. The Morgan fingerprint density at radius 3 is 2.61 bits per heavy atom. The van der Waals surface area contributed by atoms with Gasteiger partial charge in [-0.05, 0) is 24.0 Å². The number of aliphatic hydroxyl groups is 1. The highest BCUT2D eigenvalue weighted by atomic mass is 16.3. The molecule has 0 radical (unpaired) electrons. The van der Waals surface area contributed by atoms with Crippen molar-refractivity contribution in [3.8, 4) is 0 Å². The van der Waals surface area contributed by atoms with Gasteiger partial charge in [0.05, 0.1) is 0 Å². The second kappa shape index (κ2) is 5.83. The van der Waals surface area contributed by atoms with Crippen molar-refractivity contribution >= 4 is 5.91 Å². The Labute approximate surface area is 108 Å². The summed E-state index contributed by atoms with van der Waals surface area (Å²) in [5.41, 5.74) is 2.03. The number of carbonyl (C=O) groups excluding carboxylic acids is 1. The highest BCUT2D eigenvalue weighted by Crippen LogP contribution is 2.21. The minimum atomic E-state index is -0.721. The van der Waals surface area contributed by atoms with Crippen molar-refractivity contribution in [3.05, 3.63) is 47.5 Å². The molecule has 18 heavy (non-hydrogen) atoms. The topological polar surface area (TPSA) is 40.5 Å². The fourth-order valence-corrected chi connectivity index (χ4v) is 2.25. The van der Waals surface area contributed by atoms with E-state index in [-0.39, 0.29) is 5.91 Å². The monoisotopic (exact) mass is 245 g/mol. The zero-order valence-corrected chi connectivity index (χ0v) is 10.7. The van der Waals surface area contributed by atoms with E-state index in [1.807, 2.05) is 37.3 Å². The molecular weight excluding hydrogens is 226 g/mol. The third-order valence-electron chi connectivity index (χ3n) is 3.24. The quantitative estimate of drug-likeness (QED) is 0.863. The molecule has 0 spiro atoms. The number of carbonyl (C=O) groups is 1. The minimum absolute atomic E-state index is 0.0677. The van der Waals surface area contributed by atoms with E-state index in [0.717, 1.165) is 24.8 Å². The highest BCUT2D eigenvalue weighted by Gasteiger charge is 2.29. The molecule has 3 heteroatoms. The molecule has 96 valence electrons. The second-order valence-corrected chi connectivity index (χ2v) is 4.61. The second-order valence-electron chi connectivity index (χ2n) is 4.61. The van der Waals surface area contributed by atoms with Gasteiger partial charge in [-0.25, -0.2) is 0 Å². The smallest absolute Gasteiger partial charge is 0.248 e. The number of amides is 1. The van der Waals surface area contributed by atoms with E-state index in [9.17, 15) is 9.90 Å². The Kier molecular flexibility index (Phi) is 4.15. The summed E-state index contributed by atoms with van der Waals surface area (Å²) in [6.07, 6.45) is 3.37. The Morgan fingerprint density at radius 1 is 1.22 bits per heavy atom. The fraction of sp³-hybridized carbons (Fsp3) is 0.400. The normalized spacial score (nSPS) is 19.2. The first-order valence-electron chi connectivity index (χ1n) is 6.45. The van der Waals surface area contributed by atoms with Crippen LogP contribution in [-0.4, -0.2) is 28.7 Å². The van der Waals surface area contributed by atoms with Crippen LogP contribution in [0.1, 0.15) is 25.3 Å². The van der Waals surface area contributed by atoms with Crippen LogP contribution in [0.3, 0.4) is 0 Å². The molecule has 1 N–H and O–H groups in total. The van der Waals surface area contributed by atoms with Gasteiger partial charge in [0.2, 0.25) is 5.91 Å². The molecule has 2 rings (SSSR count). The zero-order valence-electron chi connectivity index (χ0n) is 10.7. The van der Waals surface area contributed by atoms with Gasteiger partial charge in [0.15, 0.2) is 6.23 Å². The number of hydrogen-bond donors (Lipinski definition) is 1. The van der Waals surface area contributed by atoms with Gasteiger partial charge in [0, 0.05) is 12.6 Å². The van der Waals surface area contributed by atoms with Crippen LogP contribution >= 0.6 is 0 Å². The molecule has 0 aromatic heterocycles. The van der Waals surface area contributed by atoms with Crippen LogP contribution in [0.2, 0.25) is 0 Å². The third kappa shape index (κ3) is 2.79. The van der Waals surface area contributed by atoms with Gasteiger partial charge in [-0.15, -0.1) is 0 Å². The molecule has 0 saturated heterocycles. The van der Waals surface area contributed by atoms with Crippen LogP contribution in [0.5, 0.6) is 0 Å². The fourth-order valence-electron chi connectivity index (χ4n) is 2.25. The number of rotatable bonds is 5. The lowest BCUT2D eigenvalue weighted by atomic mass is 10.1. The summed E-state index contributed by atoms with van der Waals surface area (Å²) >= 11 is 0. The Morgan fingerprint density at radius 2 is 1.94 bits per heavy atom. The first-order chi connectivity index (χ1) is 8.72. The summed E-state index contributed by atoms with van der Waals surface area (Å²) in [5.74, 6) is -0.0677. The molecular formula is C15H19NO2. The van der Waals surface area contributed by atoms with Crippen molar-refractivity contribution < 1.29 is 9.90 Å². The van der Waals surface area contributed by atoms with Gasteiger partial charge in [0.1, 0.15) is 0 Å². The Balaban J connectivity index is 1.93. The van der Waals surface area contributed by atoms with Crippen molar-refractivity contribution in [3.63, 3.8) is 0 Å². The van der Waals surface area contributed by atoms with Crippen LogP contribution in [0.15, 0.2) is 42.0 Å². The number of nitrogens with zero attached hydrogens (tertiary/aromatic N) is 1. The van der Waals surface area contributed by atoms with E-state index < -0.39 is 6.23 Å². The van der Waals surface area contributed by atoms with Gasteiger partial charge >= 0.3 is 0 Å². The highest BCUT2D eigenvalue weighted by molar-refractivity contribution is 5.91. The first-order valence-corrected chi connectivity index (χ1v) is 6.45. The molecule has 1 atom stereocenters. The van der Waals surface area contributed by atoms with Crippen LogP contribution in [0.4, 0.5) is 0 Å². The molecule has 3 nitrogen and oxygen atoms in total. The maximum atomic E-state index is 11.8. The van der Waals surface area contributed by atoms with Gasteiger partial charge in [-0.2, -0.15) is 0 Å². The van der Waals surface area contributed by atoms with Crippen molar-refractivity contribution in [1.82, 2.24) is 4.90 Å². The minimum Gasteiger partial charge on any atom is -0.369 e. The maximum absolute atomic E-state index is 11.8. The maximum Gasteiger partial charge on any atom is 0.248 e. The Hall–Kier alpha value is -1.61. The standard InChI is InChI=1S/C15H19NO2/c1-2-6-13-11-14(17)16(15(13)18)10-9-12-7-4-3-5-8-12/h3-5,7-8,11,15,18H,2,6,9-10H2,1H3/t15-/m1/s1. The SMILES string of the molecule is CCCC1=CC(=O)N(CCc2ccccc2)[C@@H]1O. The molecule has 0 bridgehead atoms. The molecule has 1 aromatic carbocycles. The van der Waals surface area contributed by atoms with Gasteiger partial charge < -0.3 is 10.0 Å². The third-order valence-corrected chi connectivity index (χ3v) is 3.24. The number of aliphatic hydroxyl groups excluding tert-OH is 1. The lowest BCUT2D eigenvalue weighted by Gasteiger charge is -2.22. The molecule has 0 aliphatic carbocycles. The number of hydrogen-bond acceptors (Lipinski definition) is 2. The molecule has 0 unspecified atom stereocenters. The molecule has 0 fully saturated rings. The van der Waals surface area contributed by atoms with E-state index in [1.165, 1.54) is 10.5 Å². The first kappa shape index (κ1) is 12.8. The average molecular weight is 245 g/mol. The molecule has 1 aliphatic rings. The molecule has 1 aliphatic heterocycles. The van der Waals surface area contributed by atoms with Crippen LogP contribution < -0.4 is 0 Å². The largest absolute Gasteiger partial charge is 0.369 e. The van der Waals surface area contributed by atoms with Crippen molar-refractivity contribution in [2.75, 3.05) is 6.54 Å². The summed E-state index contributed by atoms with van der Waals surface area (Å²) < 4.78 is 0. The molecule has 1 heterocycles. The summed E-state index contributed by atoms with van der Waals surface area (Å²) in [6, 6.07) is 10.0. The van der Waals surface area contributed by atoms with Crippen molar-refractivity contribution in [2.24, 2.45) is 0 Å². The summed E-state index contributed by atoms with van der Waals surface area (Å²) in [5, 5.41) is 10.1. The molecule has 1 amide bonds. The summed E-state index contributed by atoms with van der Waals surface area (Å²) in [7, 11) is 0. The van der Waals surface area contributed by atoms with Gasteiger partial charge in [-0.3, -0.25) is 4.79 Å². The lowest BCUT2D eigenvalue weighted by molar-refractivity contribution is -0.130. The zero-order chi connectivity index (χ0) is 13.0. The Bertz CT molecular complexity index is 439. The van der Waals surface area contributed by atoms with E-state index >= 15 is 0 Å². The predicted molar refractivity (Wildman–Crippen MR) is 70.9 cm³/mol. The number of benzene rings is 1. The molecule has 0 saturated carbocycles. The average Bonchev–Trinajstić information content (AvgIpc) is 2.64. The van der Waals surface area contributed by atoms with Crippen LogP contribution in [0, 0.1) is 0 Å². The summed E-state index contributed by atoms with van der Waals surface area (Å²) in [6.45, 7) is 2.61. The van der Waals surface area contributed by atoms with Crippen molar-refractivity contribution in [2.45, 2.75) is 32.4 Å². The van der Waals surface area contributed by atoms with Gasteiger partial charge in [0.25, 0.3) is 0 Å². The predicted octanol–water partition coefficient (Wildman–Crippen LogP) is 2.12. The van der Waals surface area contributed by atoms with Gasteiger partial charge in [-0.1, -0.05) is 43.7 Å². The van der Waals surface area contributed by atoms with Crippen LogP contribution in [0.25, 0.3) is 0 Å². The van der Waals surface area contributed by atoms with E-state index in [1.54, 1.807) is 6.08 Å². The lowest BCUT2D eigenvalue weighted by Crippen LogP contribution is -2.36. The van der Waals surface area contributed by atoms with Crippen LogP contribution in [-0.2, 0) is 11.2 Å². The van der Waals surface area contributed by atoms with E-state index in [0.29, 0.717) is 6.54 Å². The summed E-state index contributed by atoms with van der Waals surface area (Å²) in [4.78, 5) is 13.3. The van der Waals surface area contributed by atoms with E-state index in [2.05, 4.69) is 0 Å². The van der Waals surface area contributed by atoms with E-state index in [4.69, 9.17) is 0 Å².